The van der Waals surface area contributed by atoms with Gasteiger partial charge in [0.05, 0.1) is 23.7 Å². The molecule has 1 aliphatic heterocycles. The van der Waals surface area contributed by atoms with Crippen LogP contribution in [0, 0.1) is 21.3 Å². The molecular weight excluding hydrogens is 409 g/mol. The molecule has 1 saturated carbocycles. The monoisotopic (exact) mass is 437 g/mol. The Kier molecular flexibility index (Phi) is 6.11. The molecule has 1 aromatic rings. The van der Waals surface area contributed by atoms with Crippen molar-refractivity contribution in [3.63, 3.8) is 0 Å². The molecule has 170 valence electrons. The standard InChI is InChI=1S/C21H28FN3O6/c1-20(2,3)31-19(27)24-7-5-21(6-8-24)11-13(12-21)23-18(26)14-9-17(30-4)16(25(28)29)10-15(14)22/h9-10,13H,5-8,11-12H2,1-4H3,(H,23,26). The van der Waals surface area contributed by atoms with E-state index in [1.165, 1.54) is 7.11 Å². The van der Waals surface area contributed by atoms with Crippen LogP contribution in [0.25, 0.3) is 0 Å². The van der Waals surface area contributed by atoms with Crippen molar-refractivity contribution < 1.29 is 28.4 Å². The smallest absolute Gasteiger partial charge is 0.410 e. The van der Waals surface area contributed by atoms with Gasteiger partial charge in [0.15, 0.2) is 5.75 Å². The quantitative estimate of drug-likeness (QED) is 0.569. The number of halogens is 1. The Morgan fingerprint density at radius 1 is 1.26 bits per heavy atom. The Balaban J connectivity index is 1.54. The molecule has 0 unspecified atom stereocenters. The van der Waals surface area contributed by atoms with Crippen LogP contribution in [0.4, 0.5) is 14.9 Å². The highest BCUT2D eigenvalue weighted by molar-refractivity contribution is 5.95. The van der Waals surface area contributed by atoms with E-state index in [-0.39, 0.29) is 28.9 Å². The highest BCUT2D eigenvalue weighted by Crippen LogP contribution is 2.49. The highest BCUT2D eigenvalue weighted by Gasteiger charge is 2.47. The number of nitro groups is 1. The lowest BCUT2D eigenvalue weighted by molar-refractivity contribution is -0.385. The molecular formula is C21H28FN3O6. The zero-order chi connectivity index (χ0) is 23.0. The van der Waals surface area contributed by atoms with Crippen molar-refractivity contribution >= 4 is 17.7 Å². The number of methoxy groups -OCH3 is 1. The van der Waals surface area contributed by atoms with Gasteiger partial charge in [-0.15, -0.1) is 0 Å². The summed E-state index contributed by atoms with van der Waals surface area (Å²) in [6.07, 6.45) is 2.81. The van der Waals surface area contributed by atoms with Gasteiger partial charge in [-0.25, -0.2) is 9.18 Å². The average molecular weight is 437 g/mol. The Hall–Kier alpha value is -2.91. The minimum absolute atomic E-state index is 0.0577. The molecule has 1 aliphatic carbocycles. The van der Waals surface area contributed by atoms with Gasteiger partial charge in [-0.3, -0.25) is 14.9 Å². The van der Waals surface area contributed by atoms with E-state index in [1.807, 2.05) is 20.8 Å². The summed E-state index contributed by atoms with van der Waals surface area (Å²) >= 11 is 0. The molecule has 1 heterocycles. The van der Waals surface area contributed by atoms with Gasteiger partial charge in [0.25, 0.3) is 5.91 Å². The van der Waals surface area contributed by atoms with Crippen molar-refractivity contribution in [1.82, 2.24) is 10.2 Å². The van der Waals surface area contributed by atoms with Gasteiger partial charge in [-0.2, -0.15) is 0 Å². The summed E-state index contributed by atoms with van der Waals surface area (Å²) in [4.78, 5) is 36.7. The first-order valence-corrected chi connectivity index (χ1v) is 10.2. The van der Waals surface area contributed by atoms with E-state index in [4.69, 9.17) is 9.47 Å². The van der Waals surface area contributed by atoms with Crippen LogP contribution in [0.3, 0.4) is 0 Å². The third kappa shape index (κ3) is 5.05. The fourth-order valence-electron chi connectivity index (χ4n) is 4.27. The number of likely N-dealkylation sites (tertiary alicyclic amines) is 1. The second-order valence-electron chi connectivity index (χ2n) is 9.31. The number of hydrogen-bond acceptors (Lipinski definition) is 6. The molecule has 9 nitrogen and oxygen atoms in total. The van der Waals surface area contributed by atoms with Crippen LogP contribution < -0.4 is 10.1 Å². The van der Waals surface area contributed by atoms with Crippen LogP contribution in [0.15, 0.2) is 12.1 Å². The third-order valence-corrected chi connectivity index (χ3v) is 5.88. The first-order valence-electron chi connectivity index (χ1n) is 10.2. The van der Waals surface area contributed by atoms with Crippen LogP contribution in [0.5, 0.6) is 5.75 Å². The number of carbonyl (C=O) groups excluding carboxylic acids is 2. The first kappa shape index (κ1) is 22.8. The van der Waals surface area contributed by atoms with E-state index in [1.54, 1.807) is 4.90 Å². The van der Waals surface area contributed by atoms with Crippen LogP contribution in [0.2, 0.25) is 0 Å². The molecule has 31 heavy (non-hydrogen) atoms. The van der Waals surface area contributed by atoms with Crippen molar-refractivity contribution in [3.05, 3.63) is 33.6 Å². The lowest BCUT2D eigenvalue weighted by atomic mass is 9.60. The van der Waals surface area contributed by atoms with Crippen molar-refractivity contribution in [1.29, 1.82) is 0 Å². The SMILES string of the molecule is COc1cc(C(=O)NC2CC3(CCN(C(=O)OC(C)(C)C)CC3)C2)c(F)cc1[N+](=O)[O-]. The number of nitrogens with zero attached hydrogens (tertiary/aromatic N) is 2. The lowest BCUT2D eigenvalue weighted by Crippen LogP contribution is -2.55. The summed E-state index contributed by atoms with van der Waals surface area (Å²) < 4.78 is 24.6. The molecule has 0 atom stereocenters. The topological polar surface area (TPSA) is 111 Å². The molecule has 10 heteroatoms. The second-order valence-corrected chi connectivity index (χ2v) is 9.31. The van der Waals surface area contributed by atoms with E-state index < -0.39 is 27.9 Å². The zero-order valence-electron chi connectivity index (χ0n) is 18.2. The molecule has 1 saturated heterocycles. The minimum Gasteiger partial charge on any atom is -0.490 e. The molecule has 2 amide bonds. The van der Waals surface area contributed by atoms with Gasteiger partial charge in [-0.1, -0.05) is 0 Å². The summed E-state index contributed by atoms with van der Waals surface area (Å²) in [5.74, 6) is -1.77. The Morgan fingerprint density at radius 2 is 1.87 bits per heavy atom. The maximum absolute atomic E-state index is 14.3. The molecule has 0 bridgehead atoms. The third-order valence-electron chi connectivity index (χ3n) is 5.88. The van der Waals surface area contributed by atoms with Gasteiger partial charge in [0, 0.05) is 25.2 Å². The predicted octanol–water partition coefficient (Wildman–Crippen LogP) is 3.65. The van der Waals surface area contributed by atoms with Crippen molar-refractivity contribution in [2.24, 2.45) is 5.41 Å². The van der Waals surface area contributed by atoms with Crippen molar-refractivity contribution in [3.8, 4) is 5.75 Å². The molecule has 0 aromatic heterocycles. The van der Waals surface area contributed by atoms with E-state index in [0.717, 1.165) is 31.7 Å². The Morgan fingerprint density at radius 3 is 2.39 bits per heavy atom. The lowest BCUT2D eigenvalue weighted by Gasteiger charge is -2.52. The molecule has 1 N–H and O–H groups in total. The van der Waals surface area contributed by atoms with Crippen LogP contribution in [-0.2, 0) is 4.74 Å². The van der Waals surface area contributed by atoms with Crippen LogP contribution in [0.1, 0.15) is 56.8 Å². The number of hydrogen-bond donors (Lipinski definition) is 1. The number of piperidine rings is 1. The summed E-state index contributed by atoms with van der Waals surface area (Å²) in [6.45, 7) is 6.70. The van der Waals surface area contributed by atoms with Gasteiger partial charge >= 0.3 is 11.8 Å². The summed E-state index contributed by atoms with van der Waals surface area (Å²) in [6, 6.07) is 1.64. The Bertz CT molecular complexity index is 882. The first-order chi connectivity index (χ1) is 14.4. The molecule has 0 radical (unpaired) electrons. The number of ether oxygens (including phenoxy) is 2. The number of carbonyl (C=O) groups is 2. The fourth-order valence-corrected chi connectivity index (χ4v) is 4.27. The summed E-state index contributed by atoms with van der Waals surface area (Å²) in [5, 5.41) is 13.8. The summed E-state index contributed by atoms with van der Waals surface area (Å²) in [7, 11) is 1.22. The molecule has 1 aromatic carbocycles. The summed E-state index contributed by atoms with van der Waals surface area (Å²) in [5.41, 5.74) is -1.30. The van der Waals surface area contributed by atoms with E-state index in [0.29, 0.717) is 19.2 Å². The maximum atomic E-state index is 14.3. The molecule has 1 spiro atoms. The number of benzene rings is 1. The number of nitro benzene ring substituents is 1. The zero-order valence-corrected chi connectivity index (χ0v) is 18.2. The predicted molar refractivity (Wildman–Crippen MR) is 110 cm³/mol. The minimum atomic E-state index is -0.968. The van der Waals surface area contributed by atoms with E-state index in [9.17, 15) is 24.1 Å². The molecule has 3 rings (SSSR count). The Labute approximate surface area is 180 Å². The van der Waals surface area contributed by atoms with Crippen LogP contribution >= 0.6 is 0 Å². The molecule has 2 aliphatic rings. The largest absolute Gasteiger partial charge is 0.490 e. The number of amides is 2. The van der Waals surface area contributed by atoms with E-state index in [2.05, 4.69) is 5.32 Å². The number of nitrogens with one attached hydrogen (secondary N) is 1. The molecule has 2 fully saturated rings. The van der Waals surface area contributed by atoms with Crippen molar-refractivity contribution in [2.45, 2.75) is 58.1 Å². The van der Waals surface area contributed by atoms with Gasteiger partial charge in [-0.05, 0) is 51.9 Å². The highest BCUT2D eigenvalue weighted by atomic mass is 19.1. The normalized spacial score (nSPS) is 18.3. The second kappa shape index (κ2) is 8.32. The van der Waals surface area contributed by atoms with E-state index >= 15 is 0 Å². The average Bonchev–Trinajstić information content (AvgIpc) is 2.65. The maximum Gasteiger partial charge on any atom is 0.410 e. The van der Waals surface area contributed by atoms with Gasteiger partial charge in [0.1, 0.15) is 11.4 Å². The van der Waals surface area contributed by atoms with Gasteiger partial charge < -0.3 is 19.7 Å². The number of rotatable bonds is 4. The van der Waals surface area contributed by atoms with Crippen molar-refractivity contribution in [2.75, 3.05) is 20.2 Å². The van der Waals surface area contributed by atoms with Gasteiger partial charge in [0.2, 0.25) is 0 Å². The fraction of sp³-hybridized carbons (Fsp3) is 0.619. The van der Waals surface area contributed by atoms with Crippen LogP contribution in [-0.4, -0.2) is 53.7 Å².